The molecule has 1 saturated carbocycles. The summed E-state index contributed by atoms with van der Waals surface area (Å²) in [6, 6.07) is 2.30. The molecular formula is C14H18N2O5. The van der Waals surface area contributed by atoms with Gasteiger partial charge in [0, 0.05) is 19.0 Å². The molecule has 2 amide bonds. The maximum Gasteiger partial charge on any atom is 0.326 e. The van der Waals surface area contributed by atoms with E-state index in [-0.39, 0.29) is 30.7 Å². The minimum atomic E-state index is -1.02. The van der Waals surface area contributed by atoms with E-state index in [0.717, 1.165) is 12.8 Å². The Labute approximate surface area is 121 Å². The Morgan fingerprint density at radius 1 is 1.48 bits per heavy atom. The summed E-state index contributed by atoms with van der Waals surface area (Å²) in [6.45, 7) is 1.65. The van der Waals surface area contributed by atoms with Crippen LogP contribution in [0.2, 0.25) is 0 Å². The van der Waals surface area contributed by atoms with Crippen molar-refractivity contribution in [1.29, 1.82) is 0 Å². The van der Waals surface area contributed by atoms with Gasteiger partial charge >= 0.3 is 5.97 Å². The summed E-state index contributed by atoms with van der Waals surface area (Å²) in [4.78, 5) is 36.2. The number of carboxylic acid groups (broad SMARTS) is 1. The molecule has 1 aromatic rings. The Bertz CT molecular complexity index is 521. The normalized spacial score (nSPS) is 15.3. The molecule has 2 N–H and O–H groups in total. The zero-order valence-electron chi connectivity index (χ0n) is 11.7. The molecule has 21 heavy (non-hydrogen) atoms. The van der Waals surface area contributed by atoms with E-state index in [2.05, 4.69) is 5.32 Å². The molecule has 114 valence electrons. The SMILES string of the molecule is CC(C(=O)O)N(C(=O)CCNC(=O)c1ccco1)C1CC1. The molecule has 7 heteroatoms. The van der Waals surface area contributed by atoms with E-state index in [1.165, 1.54) is 24.2 Å². The number of carbonyl (C=O) groups is 3. The van der Waals surface area contributed by atoms with E-state index in [0.29, 0.717) is 0 Å². The van der Waals surface area contributed by atoms with Crippen molar-refractivity contribution >= 4 is 17.8 Å². The van der Waals surface area contributed by atoms with E-state index in [9.17, 15) is 14.4 Å². The molecule has 2 rings (SSSR count). The van der Waals surface area contributed by atoms with Crippen LogP contribution in [-0.4, -0.2) is 46.4 Å². The number of hydrogen-bond acceptors (Lipinski definition) is 4. The molecule has 0 bridgehead atoms. The van der Waals surface area contributed by atoms with E-state index in [1.54, 1.807) is 6.07 Å². The molecule has 7 nitrogen and oxygen atoms in total. The van der Waals surface area contributed by atoms with Crippen molar-refractivity contribution in [2.75, 3.05) is 6.54 Å². The third kappa shape index (κ3) is 3.84. The Kier molecular flexibility index (Phi) is 4.62. The van der Waals surface area contributed by atoms with Crippen molar-refractivity contribution < 1.29 is 23.9 Å². The minimum absolute atomic E-state index is 0.0179. The number of furan rings is 1. The first-order valence-electron chi connectivity index (χ1n) is 6.86. The highest BCUT2D eigenvalue weighted by Crippen LogP contribution is 2.29. The number of rotatable bonds is 7. The van der Waals surface area contributed by atoms with Gasteiger partial charge in [-0.1, -0.05) is 0 Å². The van der Waals surface area contributed by atoms with Gasteiger partial charge in [0.05, 0.1) is 6.26 Å². The van der Waals surface area contributed by atoms with Gasteiger partial charge in [-0.25, -0.2) is 4.79 Å². The highest BCUT2D eigenvalue weighted by atomic mass is 16.4. The van der Waals surface area contributed by atoms with Crippen LogP contribution in [-0.2, 0) is 9.59 Å². The number of aliphatic carboxylic acids is 1. The van der Waals surface area contributed by atoms with Gasteiger partial charge < -0.3 is 19.7 Å². The third-order valence-corrected chi connectivity index (χ3v) is 3.37. The predicted octanol–water partition coefficient (Wildman–Crippen LogP) is 0.864. The molecule has 1 heterocycles. The molecule has 0 saturated heterocycles. The average Bonchev–Trinajstić information content (AvgIpc) is 3.11. The first kappa shape index (κ1) is 15.1. The Hall–Kier alpha value is -2.31. The molecule has 0 radical (unpaired) electrons. The molecule has 0 aromatic carbocycles. The topological polar surface area (TPSA) is 99.9 Å². The van der Waals surface area contributed by atoms with Gasteiger partial charge in [0.25, 0.3) is 5.91 Å². The molecule has 1 aliphatic carbocycles. The molecule has 1 unspecified atom stereocenters. The molecule has 1 aliphatic rings. The first-order valence-corrected chi connectivity index (χ1v) is 6.86. The molecule has 0 spiro atoms. The number of amides is 2. The second kappa shape index (κ2) is 6.43. The fraction of sp³-hybridized carbons (Fsp3) is 0.500. The summed E-state index contributed by atoms with van der Waals surface area (Å²) in [6.07, 6.45) is 3.13. The Balaban J connectivity index is 1.82. The lowest BCUT2D eigenvalue weighted by Crippen LogP contribution is -2.45. The van der Waals surface area contributed by atoms with E-state index in [4.69, 9.17) is 9.52 Å². The summed E-state index contributed by atoms with van der Waals surface area (Å²) in [5, 5.41) is 11.6. The minimum Gasteiger partial charge on any atom is -0.480 e. The quantitative estimate of drug-likeness (QED) is 0.777. The van der Waals surface area contributed by atoms with Crippen LogP contribution in [0.5, 0.6) is 0 Å². The monoisotopic (exact) mass is 294 g/mol. The zero-order chi connectivity index (χ0) is 15.4. The highest BCUT2D eigenvalue weighted by molar-refractivity contribution is 5.91. The number of hydrogen-bond donors (Lipinski definition) is 2. The number of nitrogens with zero attached hydrogens (tertiary/aromatic N) is 1. The molecule has 1 aromatic heterocycles. The van der Waals surface area contributed by atoms with Crippen molar-refractivity contribution in [2.45, 2.75) is 38.3 Å². The molecule has 1 atom stereocenters. The number of nitrogens with one attached hydrogen (secondary N) is 1. The van der Waals surface area contributed by atoms with Crippen LogP contribution in [0.4, 0.5) is 0 Å². The van der Waals surface area contributed by atoms with Gasteiger partial charge in [0.1, 0.15) is 6.04 Å². The number of carboxylic acids is 1. The standard InChI is InChI=1S/C14H18N2O5/c1-9(14(19)20)16(10-4-5-10)12(17)6-7-15-13(18)11-3-2-8-21-11/h2-3,8-10H,4-7H2,1H3,(H,15,18)(H,19,20). The molecule has 0 aliphatic heterocycles. The van der Waals surface area contributed by atoms with E-state index < -0.39 is 17.9 Å². The first-order chi connectivity index (χ1) is 10.0. The maximum absolute atomic E-state index is 12.1. The smallest absolute Gasteiger partial charge is 0.326 e. The van der Waals surface area contributed by atoms with Crippen LogP contribution >= 0.6 is 0 Å². The van der Waals surface area contributed by atoms with Crippen molar-refractivity contribution in [3.8, 4) is 0 Å². The van der Waals surface area contributed by atoms with Crippen LogP contribution in [0.1, 0.15) is 36.7 Å². The lowest BCUT2D eigenvalue weighted by molar-refractivity contribution is -0.150. The van der Waals surface area contributed by atoms with Gasteiger partial charge in [-0.15, -0.1) is 0 Å². The van der Waals surface area contributed by atoms with Gasteiger partial charge in [-0.05, 0) is 31.9 Å². The third-order valence-electron chi connectivity index (χ3n) is 3.37. The fourth-order valence-electron chi connectivity index (χ4n) is 2.11. The fourth-order valence-corrected chi connectivity index (χ4v) is 2.11. The lowest BCUT2D eigenvalue weighted by Gasteiger charge is -2.26. The second-order valence-corrected chi connectivity index (χ2v) is 5.03. The largest absolute Gasteiger partial charge is 0.480 e. The van der Waals surface area contributed by atoms with Crippen molar-refractivity contribution in [3.63, 3.8) is 0 Å². The van der Waals surface area contributed by atoms with Gasteiger partial charge in [0.2, 0.25) is 5.91 Å². The zero-order valence-corrected chi connectivity index (χ0v) is 11.7. The summed E-state index contributed by atoms with van der Waals surface area (Å²) in [5.74, 6) is -1.49. The lowest BCUT2D eigenvalue weighted by atomic mass is 10.2. The average molecular weight is 294 g/mol. The highest BCUT2D eigenvalue weighted by Gasteiger charge is 2.37. The van der Waals surface area contributed by atoms with Crippen molar-refractivity contribution in [2.24, 2.45) is 0 Å². The summed E-state index contributed by atoms with van der Waals surface area (Å²) < 4.78 is 4.93. The van der Waals surface area contributed by atoms with Gasteiger partial charge in [0.15, 0.2) is 5.76 Å². The van der Waals surface area contributed by atoms with Gasteiger partial charge in [-0.2, -0.15) is 0 Å². The van der Waals surface area contributed by atoms with Crippen LogP contribution in [0.15, 0.2) is 22.8 Å². The summed E-state index contributed by atoms with van der Waals surface area (Å²) in [7, 11) is 0. The van der Waals surface area contributed by atoms with Crippen molar-refractivity contribution in [3.05, 3.63) is 24.2 Å². The molecule has 1 fully saturated rings. The van der Waals surface area contributed by atoms with Crippen LogP contribution < -0.4 is 5.32 Å². The van der Waals surface area contributed by atoms with E-state index in [1.807, 2.05) is 0 Å². The van der Waals surface area contributed by atoms with Crippen molar-refractivity contribution in [1.82, 2.24) is 10.2 Å². The van der Waals surface area contributed by atoms with Crippen LogP contribution in [0, 0.1) is 0 Å². The summed E-state index contributed by atoms with van der Waals surface area (Å²) >= 11 is 0. The Morgan fingerprint density at radius 2 is 2.19 bits per heavy atom. The van der Waals surface area contributed by atoms with Gasteiger partial charge in [-0.3, -0.25) is 9.59 Å². The second-order valence-electron chi connectivity index (χ2n) is 5.03. The molecular weight excluding hydrogens is 276 g/mol. The number of carbonyl (C=O) groups excluding carboxylic acids is 2. The Morgan fingerprint density at radius 3 is 2.71 bits per heavy atom. The van der Waals surface area contributed by atoms with E-state index >= 15 is 0 Å². The maximum atomic E-state index is 12.1. The van der Waals surface area contributed by atoms with Crippen LogP contribution in [0.3, 0.4) is 0 Å². The van der Waals surface area contributed by atoms with Crippen LogP contribution in [0.25, 0.3) is 0 Å². The predicted molar refractivity (Wildman–Crippen MR) is 72.6 cm³/mol. The summed E-state index contributed by atoms with van der Waals surface area (Å²) in [5.41, 5.74) is 0.